The summed E-state index contributed by atoms with van der Waals surface area (Å²) in [5.74, 6) is -0.0897. The van der Waals surface area contributed by atoms with Gasteiger partial charge < -0.3 is 4.74 Å². The van der Waals surface area contributed by atoms with E-state index in [-0.39, 0.29) is 12.1 Å². The molecule has 0 bridgehead atoms. The lowest BCUT2D eigenvalue weighted by Gasteiger charge is -2.10. The summed E-state index contributed by atoms with van der Waals surface area (Å²) in [5.41, 5.74) is 1.03. The van der Waals surface area contributed by atoms with Gasteiger partial charge >= 0.3 is 5.97 Å². The Kier molecular flexibility index (Phi) is 3.38. The van der Waals surface area contributed by atoms with E-state index in [1.165, 1.54) is 12.8 Å². The molecule has 0 atom stereocenters. The highest BCUT2D eigenvalue weighted by Gasteiger charge is 2.18. The molecule has 0 spiro atoms. The number of ether oxygens (including phenoxy) is 1. The molecule has 1 aromatic rings. The van der Waals surface area contributed by atoms with Crippen LogP contribution < -0.4 is 0 Å². The molecule has 1 aliphatic rings. The predicted octanol–water partition coefficient (Wildman–Crippen LogP) is 2.71. The number of benzene rings is 1. The number of hydrogen-bond donors (Lipinski definition) is 0. The maximum atomic E-state index is 11.5. The van der Waals surface area contributed by atoms with Crippen molar-refractivity contribution in [1.29, 1.82) is 0 Å². The Balaban J connectivity index is 1.82. The third-order valence-electron chi connectivity index (χ3n) is 2.79. The van der Waals surface area contributed by atoms with Crippen molar-refractivity contribution in [3.8, 4) is 0 Å². The molecule has 0 N–H and O–H groups in total. The Labute approximate surface area is 90.3 Å². The first-order valence-corrected chi connectivity index (χ1v) is 5.58. The van der Waals surface area contributed by atoms with Crippen molar-refractivity contribution in [3.63, 3.8) is 0 Å². The second-order valence-corrected chi connectivity index (χ2v) is 4.06. The smallest absolute Gasteiger partial charge is 0.310 e. The van der Waals surface area contributed by atoms with Crippen LogP contribution in [-0.2, 0) is 16.0 Å². The number of rotatable bonds is 3. The zero-order valence-electron chi connectivity index (χ0n) is 8.82. The molecule has 1 fully saturated rings. The lowest BCUT2D eigenvalue weighted by atomic mass is 10.1. The van der Waals surface area contributed by atoms with Crippen LogP contribution in [-0.4, -0.2) is 12.1 Å². The van der Waals surface area contributed by atoms with Gasteiger partial charge in [-0.1, -0.05) is 30.3 Å². The second-order valence-electron chi connectivity index (χ2n) is 4.06. The lowest BCUT2D eigenvalue weighted by Crippen LogP contribution is -2.16. The van der Waals surface area contributed by atoms with Crippen molar-refractivity contribution >= 4 is 5.97 Å². The van der Waals surface area contributed by atoms with Crippen LogP contribution >= 0.6 is 0 Å². The van der Waals surface area contributed by atoms with Crippen LogP contribution in [0.4, 0.5) is 0 Å². The largest absolute Gasteiger partial charge is 0.462 e. The SMILES string of the molecule is O=C(Cc1ccccc1)OC1CCCC1. The first kappa shape index (κ1) is 10.2. The molecule has 15 heavy (non-hydrogen) atoms. The summed E-state index contributed by atoms with van der Waals surface area (Å²) in [4.78, 5) is 11.5. The Morgan fingerprint density at radius 1 is 1.20 bits per heavy atom. The molecule has 1 saturated carbocycles. The molecule has 0 aliphatic heterocycles. The van der Waals surface area contributed by atoms with Gasteiger partial charge in [-0.3, -0.25) is 4.79 Å². The second kappa shape index (κ2) is 4.96. The molecule has 1 aliphatic carbocycles. The fraction of sp³-hybridized carbons (Fsp3) is 0.462. The van der Waals surface area contributed by atoms with Gasteiger partial charge in [-0.15, -0.1) is 0 Å². The fourth-order valence-electron chi connectivity index (χ4n) is 2.00. The minimum atomic E-state index is -0.0897. The van der Waals surface area contributed by atoms with E-state index in [0.717, 1.165) is 18.4 Å². The van der Waals surface area contributed by atoms with Gasteiger partial charge in [0.05, 0.1) is 6.42 Å². The zero-order valence-corrected chi connectivity index (χ0v) is 8.82. The van der Waals surface area contributed by atoms with E-state index in [2.05, 4.69) is 0 Å². The van der Waals surface area contributed by atoms with Crippen LogP contribution in [0, 0.1) is 0 Å². The predicted molar refractivity (Wildman–Crippen MR) is 58.5 cm³/mol. The van der Waals surface area contributed by atoms with E-state index in [4.69, 9.17) is 4.74 Å². The summed E-state index contributed by atoms with van der Waals surface area (Å²) in [5, 5.41) is 0. The van der Waals surface area contributed by atoms with Gasteiger partial charge in [-0.2, -0.15) is 0 Å². The summed E-state index contributed by atoms with van der Waals surface area (Å²) in [6, 6.07) is 9.74. The molecule has 0 radical (unpaired) electrons. The fourth-order valence-corrected chi connectivity index (χ4v) is 2.00. The maximum absolute atomic E-state index is 11.5. The van der Waals surface area contributed by atoms with E-state index in [1.807, 2.05) is 30.3 Å². The van der Waals surface area contributed by atoms with Gasteiger partial charge in [0, 0.05) is 0 Å². The molecular weight excluding hydrogens is 188 g/mol. The van der Waals surface area contributed by atoms with Crippen molar-refractivity contribution in [1.82, 2.24) is 0 Å². The van der Waals surface area contributed by atoms with E-state index >= 15 is 0 Å². The van der Waals surface area contributed by atoms with Crippen molar-refractivity contribution in [3.05, 3.63) is 35.9 Å². The summed E-state index contributed by atoms with van der Waals surface area (Å²) in [7, 11) is 0. The summed E-state index contributed by atoms with van der Waals surface area (Å²) in [6.45, 7) is 0. The normalized spacial score (nSPS) is 16.5. The highest BCUT2D eigenvalue weighted by molar-refractivity contribution is 5.72. The molecule has 0 heterocycles. The average molecular weight is 204 g/mol. The third kappa shape index (κ3) is 3.08. The van der Waals surface area contributed by atoms with Gasteiger partial charge in [-0.25, -0.2) is 0 Å². The summed E-state index contributed by atoms with van der Waals surface area (Å²) < 4.78 is 5.38. The van der Waals surface area contributed by atoms with Crippen LogP contribution in [0.3, 0.4) is 0 Å². The van der Waals surface area contributed by atoms with Crippen LogP contribution in [0.25, 0.3) is 0 Å². The number of carbonyl (C=O) groups excluding carboxylic acids is 1. The minimum Gasteiger partial charge on any atom is -0.462 e. The van der Waals surface area contributed by atoms with Crippen molar-refractivity contribution in [2.24, 2.45) is 0 Å². The van der Waals surface area contributed by atoms with Gasteiger partial charge in [-0.05, 0) is 31.2 Å². The first-order chi connectivity index (χ1) is 7.34. The van der Waals surface area contributed by atoms with Crippen LogP contribution in [0.5, 0.6) is 0 Å². The van der Waals surface area contributed by atoms with E-state index in [0.29, 0.717) is 6.42 Å². The molecule has 2 rings (SSSR count). The van der Waals surface area contributed by atoms with E-state index < -0.39 is 0 Å². The lowest BCUT2D eigenvalue weighted by molar-refractivity contribution is -0.147. The Bertz CT molecular complexity index is 313. The summed E-state index contributed by atoms with van der Waals surface area (Å²) >= 11 is 0. The monoisotopic (exact) mass is 204 g/mol. The van der Waals surface area contributed by atoms with E-state index in [9.17, 15) is 4.79 Å². The highest BCUT2D eigenvalue weighted by atomic mass is 16.5. The van der Waals surface area contributed by atoms with Crippen molar-refractivity contribution in [2.75, 3.05) is 0 Å². The Hall–Kier alpha value is -1.31. The van der Waals surface area contributed by atoms with Gasteiger partial charge in [0.15, 0.2) is 0 Å². The number of esters is 1. The van der Waals surface area contributed by atoms with Crippen LogP contribution in [0.2, 0.25) is 0 Å². The molecular formula is C13H16O2. The Morgan fingerprint density at radius 3 is 2.53 bits per heavy atom. The number of carbonyl (C=O) groups is 1. The molecule has 0 unspecified atom stereocenters. The molecule has 1 aromatic carbocycles. The highest BCUT2D eigenvalue weighted by Crippen LogP contribution is 2.21. The average Bonchev–Trinajstić information content (AvgIpc) is 2.71. The number of hydrogen-bond acceptors (Lipinski definition) is 2. The first-order valence-electron chi connectivity index (χ1n) is 5.58. The van der Waals surface area contributed by atoms with Crippen molar-refractivity contribution < 1.29 is 9.53 Å². The van der Waals surface area contributed by atoms with Gasteiger partial charge in [0.1, 0.15) is 6.10 Å². The molecule has 0 aromatic heterocycles. The van der Waals surface area contributed by atoms with Gasteiger partial charge in [0.25, 0.3) is 0 Å². The van der Waals surface area contributed by atoms with Gasteiger partial charge in [0.2, 0.25) is 0 Å². The van der Waals surface area contributed by atoms with Crippen LogP contribution in [0.15, 0.2) is 30.3 Å². The standard InChI is InChI=1S/C13H16O2/c14-13(15-12-8-4-5-9-12)10-11-6-2-1-3-7-11/h1-3,6-7,12H,4-5,8-10H2. The molecule has 0 amide bonds. The van der Waals surface area contributed by atoms with Crippen molar-refractivity contribution in [2.45, 2.75) is 38.2 Å². The zero-order chi connectivity index (χ0) is 10.5. The van der Waals surface area contributed by atoms with E-state index in [1.54, 1.807) is 0 Å². The topological polar surface area (TPSA) is 26.3 Å². The minimum absolute atomic E-state index is 0.0897. The van der Waals surface area contributed by atoms with Crippen LogP contribution in [0.1, 0.15) is 31.2 Å². The molecule has 2 heteroatoms. The molecule has 0 saturated heterocycles. The maximum Gasteiger partial charge on any atom is 0.310 e. The summed E-state index contributed by atoms with van der Waals surface area (Å²) in [6.07, 6.45) is 5.06. The quantitative estimate of drug-likeness (QED) is 0.708. The Morgan fingerprint density at radius 2 is 1.87 bits per heavy atom. The molecule has 80 valence electrons. The molecule has 2 nitrogen and oxygen atoms in total. The third-order valence-corrected chi connectivity index (χ3v) is 2.79.